The molecule has 1 heterocycles. The molecule has 1 fully saturated rings. The van der Waals surface area contributed by atoms with Crippen molar-refractivity contribution in [1.29, 1.82) is 0 Å². The molecule has 1 aromatic carbocycles. The van der Waals surface area contributed by atoms with E-state index in [0.29, 0.717) is 5.75 Å². The first-order valence-corrected chi connectivity index (χ1v) is 7.86. The fourth-order valence-corrected chi connectivity index (χ4v) is 3.53. The number of thioether (sulfide) groups is 1. The number of carbonyl (C=O) groups is 1. The van der Waals surface area contributed by atoms with Crippen LogP contribution in [0.15, 0.2) is 24.3 Å². The third-order valence-electron chi connectivity index (χ3n) is 3.35. The van der Waals surface area contributed by atoms with Gasteiger partial charge in [-0.1, -0.05) is 12.1 Å². The van der Waals surface area contributed by atoms with Crippen molar-refractivity contribution in [3.63, 3.8) is 0 Å². The molecule has 4 nitrogen and oxygen atoms in total. The maximum atomic E-state index is 12.0. The van der Waals surface area contributed by atoms with Crippen LogP contribution in [0.1, 0.15) is 17.4 Å². The van der Waals surface area contributed by atoms with Gasteiger partial charge in [0, 0.05) is 6.54 Å². The first kappa shape index (κ1) is 18.1. The zero-order valence-electron chi connectivity index (χ0n) is 12.7. The lowest BCUT2D eigenvalue weighted by atomic mass is 10.2. The van der Waals surface area contributed by atoms with Crippen LogP contribution >= 0.6 is 24.2 Å². The molecule has 1 saturated heterocycles. The zero-order chi connectivity index (χ0) is 14.5. The number of benzene rings is 1. The van der Waals surface area contributed by atoms with Crippen LogP contribution in [0.4, 0.5) is 0 Å². The highest BCUT2D eigenvalue weighted by Gasteiger charge is 2.32. The van der Waals surface area contributed by atoms with Gasteiger partial charge in [0.2, 0.25) is 5.91 Å². The van der Waals surface area contributed by atoms with E-state index in [0.717, 1.165) is 30.8 Å². The number of hydrogen-bond acceptors (Lipinski definition) is 4. The monoisotopic (exact) mass is 330 g/mol. The van der Waals surface area contributed by atoms with Gasteiger partial charge in [-0.3, -0.25) is 4.79 Å². The lowest BCUT2D eigenvalue weighted by Crippen LogP contribution is -2.31. The molecule has 0 N–H and O–H groups in total. The van der Waals surface area contributed by atoms with Gasteiger partial charge in [0.15, 0.2) is 0 Å². The number of hydrogen-bond donors (Lipinski definition) is 0. The Bertz CT molecular complexity index is 471. The van der Waals surface area contributed by atoms with Gasteiger partial charge in [-0.05, 0) is 44.8 Å². The number of methoxy groups -OCH3 is 1. The highest BCUT2D eigenvalue weighted by Crippen LogP contribution is 2.39. The average Bonchev–Trinajstić information content (AvgIpc) is 2.80. The normalized spacial score (nSPS) is 18.0. The van der Waals surface area contributed by atoms with Crippen molar-refractivity contribution >= 4 is 30.1 Å². The fraction of sp³-hybridized carbons (Fsp3) is 0.533. The summed E-state index contributed by atoms with van der Waals surface area (Å²) in [5, 5.41) is 0.125. The molecular formula is C15H23ClN2O2S. The molecule has 0 bridgehead atoms. The summed E-state index contributed by atoms with van der Waals surface area (Å²) in [4.78, 5) is 16.2. The van der Waals surface area contributed by atoms with Gasteiger partial charge >= 0.3 is 0 Å². The summed E-state index contributed by atoms with van der Waals surface area (Å²) in [5.41, 5.74) is 1.14. The highest BCUT2D eigenvalue weighted by molar-refractivity contribution is 8.00. The van der Waals surface area contributed by atoms with Gasteiger partial charge in [-0.2, -0.15) is 0 Å². The Labute approximate surface area is 137 Å². The van der Waals surface area contributed by atoms with Crippen LogP contribution in [0.3, 0.4) is 0 Å². The molecule has 0 radical (unpaired) electrons. The molecule has 1 amide bonds. The average molecular weight is 331 g/mol. The van der Waals surface area contributed by atoms with Crippen molar-refractivity contribution in [2.75, 3.05) is 40.0 Å². The van der Waals surface area contributed by atoms with Gasteiger partial charge in [0.1, 0.15) is 11.1 Å². The Balaban J connectivity index is 0.00000220. The highest BCUT2D eigenvalue weighted by atomic mass is 35.5. The van der Waals surface area contributed by atoms with Gasteiger partial charge in [-0.15, -0.1) is 24.2 Å². The summed E-state index contributed by atoms with van der Waals surface area (Å²) in [7, 11) is 5.78. The van der Waals surface area contributed by atoms with E-state index in [1.165, 1.54) is 0 Å². The van der Waals surface area contributed by atoms with E-state index < -0.39 is 0 Å². The topological polar surface area (TPSA) is 32.8 Å². The quantitative estimate of drug-likeness (QED) is 0.802. The number of amides is 1. The van der Waals surface area contributed by atoms with Gasteiger partial charge < -0.3 is 14.5 Å². The zero-order valence-corrected chi connectivity index (χ0v) is 14.4. The minimum Gasteiger partial charge on any atom is -0.497 e. The second-order valence-electron chi connectivity index (χ2n) is 5.18. The summed E-state index contributed by atoms with van der Waals surface area (Å²) >= 11 is 1.70. The van der Waals surface area contributed by atoms with Gasteiger partial charge in [-0.25, -0.2) is 0 Å². The van der Waals surface area contributed by atoms with Crippen LogP contribution in [0.5, 0.6) is 5.75 Å². The summed E-state index contributed by atoms with van der Waals surface area (Å²) < 4.78 is 5.27. The molecule has 1 aliphatic rings. The predicted octanol–water partition coefficient (Wildman–Crippen LogP) is 2.64. The van der Waals surface area contributed by atoms with Crippen molar-refractivity contribution < 1.29 is 9.53 Å². The van der Waals surface area contributed by atoms with Gasteiger partial charge in [0.25, 0.3) is 0 Å². The molecule has 2 rings (SSSR count). The number of ether oxygens (including phenoxy) is 1. The van der Waals surface area contributed by atoms with Crippen LogP contribution in [0.2, 0.25) is 0 Å². The van der Waals surface area contributed by atoms with Crippen LogP contribution in [0, 0.1) is 0 Å². The molecule has 21 heavy (non-hydrogen) atoms. The smallest absolute Gasteiger partial charge is 0.233 e. The summed E-state index contributed by atoms with van der Waals surface area (Å²) in [6.45, 7) is 1.81. The molecular weight excluding hydrogens is 308 g/mol. The molecule has 6 heteroatoms. The third kappa shape index (κ3) is 4.80. The maximum Gasteiger partial charge on any atom is 0.233 e. The van der Waals surface area contributed by atoms with Crippen LogP contribution in [-0.2, 0) is 4.79 Å². The Morgan fingerprint density at radius 3 is 2.86 bits per heavy atom. The Morgan fingerprint density at radius 1 is 1.43 bits per heavy atom. The Morgan fingerprint density at radius 2 is 2.19 bits per heavy atom. The first-order valence-electron chi connectivity index (χ1n) is 6.81. The number of rotatable bonds is 6. The van der Waals surface area contributed by atoms with E-state index in [2.05, 4.69) is 25.1 Å². The Kier molecular flexibility index (Phi) is 7.35. The fourth-order valence-electron chi connectivity index (χ4n) is 2.32. The van der Waals surface area contributed by atoms with Crippen molar-refractivity contribution in [2.45, 2.75) is 11.8 Å². The molecule has 118 valence electrons. The first-order chi connectivity index (χ1) is 9.61. The number of carbonyl (C=O) groups excluding carboxylic acids is 1. The number of nitrogens with zero attached hydrogens (tertiary/aromatic N) is 2. The molecule has 0 aliphatic carbocycles. The minimum atomic E-state index is 0. The second-order valence-corrected chi connectivity index (χ2v) is 6.25. The molecule has 1 aliphatic heterocycles. The lowest BCUT2D eigenvalue weighted by Gasteiger charge is -2.25. The van der Waals surface area contributed by atoms with Crippen molar-refractivity contribution in [1.82, 2.24) is 9.80 Å². The minimum absolute atomic E-state index is 0. The number of halogens is 1. The van der Waals surface area contributed by atoms with Crippen molar-refractivity contribution in [2.24, 2.45) is 0 Å². The summed E-state index contributed by atoms with van der Waals surface area (Å²) in [6.07, 6.45) is 1.000. The molecule has 1 aromatic rings. The third-order valence-corrected chi connectivity index (χ3v) is 4.61. The molecule has 1 unspecified atom stereocenters. The summed E-state index contributed by atoms with van der Waals surface area (Å²) in [5.74, 6) is 1.65. The summed E-state index contributed by atoms with van der Waals surface area (Å²) in [6, 6.07) is 8.00. The maximum absolute atomic E-state index is 12.0. The second kappa shape index (κ2) is 8.51. The Hall–Kier alpha value is -0.910. The van der Waals surface area contributed by atoms with E-state index in [1.54, 1.807) is 18.9 Å². The van der Waals surface area contributed by atoms with E-state index in [1.807, 2.05) is 23.1 Å². The van der Waals surface area contributed by atoms with Crippen LogP contribution in [0.25, 0.3) is 0 Å². The standard InChI is InChI=1S/C15H22N2O2S.ClH/c1-16(2)8-5-9-17-14(18)11-20-15(17)12-6-4-7-13(10-12)19-3;/h4,6-7,10,15H,5,8-9,11H2,1-3H3;1H. The van der Waals surface area contributed by atoms with E-state index in [4.69, 9.17) is 4.74 Å². The SMILES string of the molecule is COc1cccc(C2SCC(=O)N2CCCN(C)C)c1.Cl. The van der Waals surface area contributed by atoms with Crippen molar-refractivity contribution in [3.8, 4) is 5.75 Å². The van der Waals surface area contributed by atoms with Crippen LogP contribution in [-0.4, -0.2) is 55.8 Å². The van der Waals surface area contributed by atoms with Crippen molar-refractivity contribution in [3.05, 3.63) is 29.8 Å². The molecule has 1 atom stereocenters. The molecule has 0 spiro atoms. The van der Waals surface area contributed by atoms with Crippen LogP contribution < -0.4 is 4.74 Å². The van der Waals surface area contributed by atoms with E-state index >= 15 is 0 Å². The van der Waals surface area contributed by atoms with Gasteiger partial charge in [0.05, 0.1) is 12.9 Å². The lowest BCUT2D eigenvalue weighted by molar-refractivity contribution is -0.128. The largest absolute Gasteiger partial charge is 0.497 e. The molecule has 0 saturated carbocycles. The van der Waals surface area contributed by atoms with E-state index in [-0.39, 0.29) is 23.7 Å². The van der Waals surface area contributed by atoms with E-state index in [9.17, 15) is 4.79 Å². The predicted molar refractivity (Wildman–Crippen MR) is 90.3 cm³/mol. The molecule has 0 aromatic heterocycles.